The van der Waals surface area contributed by atoms with Crippen molar-refractivity contribution in [2.45, 2.75) is 24.9 Å². The fourth-order valence-electron chi connectivity index (χ4n) is 2.53. The summed E-state index contributed by atoms with van der Waals surface area (Å²) >= 11 is 0. The summed E-state index contributed by atoms with van der Waals surface area (Å²) in [5, 5.41) is 38.1. The summed E-state index contributed by atoms with van der Waals surface area (Å²) < 4.78 is 0. The van der Waals surface area contributed by atoms with Gasteiger partial charge in [-0.1, -0.05) is 12.1 Å². The van der Waals surface area contributed by atoms with Crippen molar-refractivity contribution in [2.75, 3.05) is 0 Å². The van der Waals surface area contributed by atoms with Crippen molar-refractivity contribution in [3.63, 3.8) is 0 Å². The second-order valence-corrected chi connectivity index (χ2v) is 6.00. The number of benzene rings is 2. The van der Waals surface area contributed by atoms with Crippen LogP contribution in [0.2, 0.25) is 0 Å². The van der Waals surface area contributed by atoms with E-state index in [1.165, 1.54) is 24.3 Å². The van der Waals surface area contributed by atoms with Gasteiger partial charge in [0.15, 0.2) is 0 Å². The van der Waals surface area contributed by atoms with E-state index in [2.05, 4.69) is 0 Å². The van der Waals surface area contributed by atoms with Gasteiger partial charge < -0.3 is 31.9 Å². The molecule has 2 aromatic rings. The number of aliphatic carboxylic acids is 2. The van der Waals surface area contributed by atoms with Crippen LogP contribution in [-0.2, 0) is 22.4 Å². The van der Waals surface area contributed by atoms with Gasteiger partial charge in [0.2, 0.25) is 0 Å². The van der Waals surface area contributed by atoms with Gasteiger partial charge in [0.25, 0.3) is 0 Å². The predicted molar refractivity (Wildman–Crippen MR) is 93.8 cm³/mol. The van der Waals surface area contributed by atoms with E-state index >= 15 is 0 Å². The molecule has 0 fully saturated rings. The maximum Gasteiger partial charge on any atom is 0.320 e. The van der Waals surface area contributed by atoms with Gasteiger partial charge in [-0.2, -0.15) is 0 Å². The van der Waals surface area contributed by atoms with Gasteiger partial charge in [-0.25, -0.2) is 0 Å². The van der Waals surface area contributed by atoms with Crippen LogP contribution < -0.4 is 11.5 Å². The highest BCUT2D eigenvalue weighted by Gasteiger charge is 2.17. The van der Waals surface area contributed by atoms with E-state index in [0.29, 0.717) is 11.1 Å². The summed E-state index contributed by atoms with van der Waals surface area (Å²) in [5.74, 6) is -2.53. The number of carboxylic acid groups (broad SMARTS) is 2. The second-order valence-electron chi connectivity index (χ2n) is 6.00. The van der Waals surface area contributed by atoms with Crippen molar-refractivity contribution < 1.29 is 30.0 Å². The Kier molecular flexibility index (Phi) is 5.81. The monoisotopic (exact) mass is 372 g/mol. The van der Waals surface area contributed by atoms with Gasteiger partial charge in [-0.05, 0) is 48.2 Å². The number of hydrogen-bond donors (Lipinski definition) is 6. The van der Waals surface area contributed by atoms with Crippen LogP contribution in [0.4, 0.5) is 0 Å². The summed E-state index contributed by atoms with van der Waals surface area (Å²) in [5.41, 5.74) is 12.8. The lowest BCUT2D eigenvalue weighted by atomic mass is 10.3. The fraction of sp³-hybridized carbons (Fsp3) is 0.222. The minimum Gasteiger partial charge on any atom is -0.507 e. The molecule has 0 unspecified atom stereocenters. The lowest BCUT2D eigenvalue weighted by Crippen LogP contribution is -2.32. The number of rotatable bonds is 7. The van der Waals surface area contributed by atoms with E-state index < -0.39 is 24.0 Å². The van der Waals surface area contributed by atoms with Crippen molar-refractivity contribution in [3.8, 4) is 22.6 Å². The SMILES string of the molecule is N[C@@H](C[13c]1[13cH][13cH][13c](O)[13c](-[13c]2[13cH][13c](C[C@H](N)C(=O)O)[13cH][13cH][13c]2O)[13cH]1)C(=O)O. The first-order valence-corrected chi connectivity index (χ1v) is 7.80. The van der Waals surface area contributed by atoms with E-state index in [0.717, 1.165) is 0 Å². The third-order valence-electron chi connectivity index (χ3n) is 3.96. The molecule has 0 aliphatic heterocycles. The van der Waals surface area contributed by atoms with Crippen molar-refractivity contribution in [1.29, 1.82) is 0 Å². The average Bonchev–Trinajstić information content (AvgIpc) is 2.58. The lowest BCUT2D eigenvalue weighted by molar-refractivity contribution is -0.139. The average molecular weight is 372 g/mol. The van der Waals surface area contributed by atoms with E-state index in [1.54, 1.807) is 12.1 Å². The minimum absolute atomic E-state index is 0.0486. The first-order chi connectivity index (χ1) is 12.2. The molecular formula is C18H20N2O6. The van der Waals surface area contributed by atoms with Crippen LogP contribution in [0.3, 0.4) is 0 Å². The zero-order valence-electron chi connectivity index (χ0n) is 13.8. The van der Waals surface area contributed by atoms with E-state index in [9.17, 15) is 19.8 Å². The Bertz CT molecular complexity index is 767. The standard InChI is InChI=1S/C18H20N2O6/c19-13(17(23)24)7-9-1-3-15(21)11(5-9)12-6-10(2-4-16(12)22)8-14(20)18(25)26/h1-6,13-14,21-22H,7-8,19-20H2,(H,23,24)(H,25,26)/t13-,14-/m0/s1/i1+1,2+1,3+1,4+1,5+1,6+1,9+1,10+1,11+1,12+1,15+1,16+1. The quantitative estimate of drug-likeness (QED) is 0.412. The molecular weight excluding hydrogens is 352 g/mol. The Morgan fingerprint density at radius 3 is 1.42 bits per heavy atom. The van der Waals surface area contributed by atoms with E-state index in [-0.39, 0.29) is 35.5 Å². The van der Waals surface area contributed by atoms with Gasteiger partial charge in [0.1, 0.15) is 23.6 Å². The molecule has 2 rings (SSSR count). The van der Waals surface area contributed by atoms with Crippen LogP contribution in [0.25, 0.3) is 11.1 Å². The van der Waals surface area contributed by atoms with Crippen LogP contribution in [0.5, 0.6) is 11.5 Å². The summed E-state index contributed by atoms with van der Waals surface area (Å²) in [6.07, 6.45) is 0.0971. The van der Waals surface area contributed by atoms with Crippen molar-refractivity contribution >= 4 is 11.9 Å². The molecule has 2 aromatic carbocycles. The largest absolute Gasteiger partial charge is 0.507 e. The van der Waals surface area contributed by atoms with Crippen molar-refractivity contribution in [3.05, 3.63) is 47.5 Å². The van der Waals surface area contributed by atoms with Crippen LogP contribution in [0, 0.1) is 0 Å². The highest BCUT2D eigenvalue weighted by atomic mass is 16.4. The number of phenols is 2. The maximum atomic E-state index is 10.9. The molecule has 0 aliphatic carbocycles. The molecule has 0 saturated carbocycles. The fourth-order valence-corrected chi connectivity index (χ4v) is 2.53. The number of carboxylic acids is 2. The number of nitrogens with two attached hydrogens (primary N) is 2. The molecule has 0 spiro atoms. The summed E-state index contributed by atoms with van der Waals surface area (Å²) in [4.78, 5) is 21.8. The predicted octanol–water partition coefficient (Wildman–Crippen LogP) is 0.674. The van der Waals surface area contributed by atoms with E-state index in [4.69, 9.17) is 21.7 Å². The smallest absolute Gasteiger partial charge is 0.320 e. The molecule has 0 aliphatic rings. The lowest BCUT2D eigenvalue weighted by Gasteiger charge is -2.13. The van der Waals surface area contributed by atoms with Crippen LogP contribution in [0.15, 0.2) is 36.4 Å². The van der Waals surface area contributed by atoms with Gasteiger partial charge in [-0.15, -0.1) is 0 Å². The Labute approximate surface area is 149 Å². The summed E-state index contributed by atoms with van der Waals surface area (Å²) in [6.45, 7) is 0. The van der Waals surface area contributed by atoms with Gasteiger partial charge in [-0.3, -0.25) is 9.59 Å². The minimum atomic E-state index is -1.15. The van der Waals surface area contributed by atoms with Crippen LogP contribution in [-0.4, -0.2) is 44.4 Å². The Hall–Kier alpha value is -3.10. The second kappa shape index (κ2) is 7.85. The maximum absolute atomic E-state index is 10.9. The van der Waals surface area contributed by atoms with Crippen LogP contribution >= 0.6 is 0 Å². The normalized spacial score (nSPS) is 13.2. The zero-order chi connectivity index (χ0) is 19.4. The Morgan fingerprint density at radius 1 is 0.769 bits per heavy atom. The number of carbonyl (C=O) groups is 2. The van der Waals surface area contributed by atoms with Crippen molar-refractivity contribution in [1.82, 2.24) is 0 Å². The molecule has 0 bridgehead atoms. The molecule has 8 N–H and O–H groups in total. The third-order valence-corrected chi connectivity index (χ3v) is 3.96. The highest BCUT2D eigenvalue weighted by Crippen LogP contribution is 2.37. The first kappa shape index (κ1) is 19.2. The van der Waals surface area contributed by atoms with Crippen molar-refractivity contribution in [2.24, 2.45) is 11.5 Å². The topological polar surface area (TPSA) is 167 Å². The Morgan fingerprint density at radius 2 is 1.12 bits per heavy atom. The van der Waals surface area contributed by atoms with Gasteiger partial charge in [0, 0.05) is 11.1 Å². The molecule has 8 heteroatoms. The molecule has 0 amide bonds. The molecule has 0 radical (unpaired) electrons. The Balaban J connectivity index is 2.40. The molecule has 26 heavy (non-hydrogen) atoms. The molecule has 0 saturated heterocycles. The van der Waals surface area contributed by atoms with Gasteiger partial charge in [0.05, 0.1) is 0 Å². The number of hydrogen-bond acceptors (Lipinski definition) is 6. The zero-order valence-corrected chi connectivity index (χ0v) is 13.8. The highest BCUT2D eigenvalue weighted by molar-refractivity contribution is 5.78. The van der Waals surface area contributed by atoms with E-state index in [1.807, 2.05) is 0 Å². The number of aromatic hydroxyl groups is 2. The van der Waals surface area contributed by atoms with Crippen LogP contribution in [0.1, 0.15) is 11.1 Å². The van der Waals surface area contributed by atoms with Gasteiger partial charge >= 0.3 is 11.9 Å². The molecule has 0 aromatic heterocycles. The summed E-state index contributed by atoms with van der Waals surface area (Å²) in [6, 6.07) is 6.73. The third kappa shape index (κ3) is 4.50. The molecule has 8 nitrogen and oxygen atoms in total. The molecule has 0 heterocycles. The summed E-state index contributed by atoms with van der Waals surface area (Å²) in [7, 11) is 0. The molecule has 2 atom stereocenters. The first-order valence-electron chi connectivity index (χ1n) is 7.80. The number of phenolic OH excluding ortho intramolecular Hbond substituents is 2. The molecule has 138 valence electrons.